The second kappa shape index (κ2) is 9.81. The zero-order chi connectivity index (χ0) is 22.6. The highest BCUT2D eigenvalue weighted by molar-refractivity contribution is 7.09. The number of amides is 2. The number of aromatic nitrogens is 1. The summed E-state index contributed by atoms with van der Waals surface area (Å²) in [5, 5.41) is 3.10. The Morgan fingerprint density at radius 2 is 1.97 bits per heavy atom. The molecule has 1 unspecified atom stereocenters. The van der Waals surface area contributed by atoms with E-state index in [1.54, 1.807) is 23.3 Å². The van der Waals surface area contributed by atoms with Crippen LogP contribution in [0.3, 0.4) is 0 Å². The lowest BCUT2D eigenvalue weighted by Gasteiger charge is -2.35. The van der Waals surface area contributed by atoms with Crippen LogP contribution in [0.15, 0.2) is 29.6 Å². The van der Waals surface area contributed by atoms with Crippen molar-refractivity contribution in [1.82, 2.24) is 14.8 Å². The van der Waals surface area contributed by atoms with E-state index >= 15 is 0 Å². The van der Waals surface area contributed by atoms with Gasteiger partial charge in [0.05, 0.1) is 17.1 Å². The van der Waals surface area contributed by atoms with Gasteiger partial charge in [0.15, 0.2) is 0 Å². The lowest BCUT2D eigenvalue weighted by molar-refractivity contribution is -0.132. The van der Waals surface area contributed by atoms with E-state index in [1.807, 2.05) is 56.9 Å². The summed E-state index contributed by atoms with van der Waals surface area (Å²) in [7, 11) is 1.76. The Morgan fingerprint density at radius 1 is 1.26 bits per heavy atom. The highest BCUT2D eigenvalue weighted by atomic mass is 32.1. The van der Waals surface area contributed by atoms with E-state index in [0.717, 1.165) is 41.2 Å². The van der Waals surface area contributed by atoms with Gasteiger partial charge >= 0.3 is 6.09 Å². The first-order valence-corrected chi connectivity index (χ1v) is 11.7. The van der Waals surface area contributed by atoms with Crippen molar-refractivity contribution in [3.63, 3.8) is 0 Å². The summed E-state index contributed by atoms with van der Waals surface area (Å²) in [6.45, 7) is 9.65. The van der Waals surface area contributed by atoms with E-state index in [0.29, 0.717) is 19.5 Å². The number of benzene rings is 1. The second-order valence-electron chi connectivity index (χ2n) is 9.33. The molecule has 1 aromatic carbocycles. The minimum absolute atomic E-state index is 0.141. The zero-order valence-electron chi connectivity index (χ0n) is 19.2. The Hall–Kier alpha value is -2.41. The van der Waals surface area contributed by atoms with Gasteiger partial charge < -0.3 is 14.5 Å². The molecular weight excluding hydrogens is 410 g/mol. The van der Waals surface area contributed by atoms with Crippen LogP contribution in [0.1, 0.15) is 44.2 Å². The molecule has 6 nitrogen and oxygen atoms in total. The lowest BCUT2D eigenvalue weighted by Crippen LogP contribution is -2.45. The van der Waals surface area contributed by atoms with Crippen molar-refractivity contribution < 1.29 is 14.3 Å². The smallest absolute Gasteiger partial charge is 0.410 e. The number of thiazole rings is 1. The van der Waals surface area contributed by atoms with Crippen LogP contribution in [0.4, 0.5) is 4.79 Å². The molecule has 1 saturated heterocycles. The first-order valence-electron chi connectivity index (χ1n) is 10.8. The van der Waals surface area contributed by atoms with Crippen molar-refractivity contribution >= 4 is 23.3 Å². The first-order chi connectivity index (χ1) is 14.6. The Labute approximate surface area is 189 Å². The Bertz CT molecular complexity index is 902. The van der Waals surface area contributed by atoms with Crippen LogP contribution in [0, 0.1) is 12.8 Å². The molecule has 2 aromatic rings. The largest absolute Gasteiger partial charge is 0.444 e. The topological polar surface area (TPSA) is 62.7 Å². The van der Waals surface area contributed by atoms with Crippen LogP contribution < -0.4 is 0 Å². The molecule has 3 rings (SSSR count). The molecule has 1 aromatic heterocycles. The summed E-state index contributed by atoms with van der Waals surface area (Å²) in [6.07, 6.45) is 2.05. The monoisotopic (exact) mass is 443 g/mol. The summed E-state index contributed by atoms with van der Waals surface area (Å²) in [5.74, 6) is 0.410. The lowest BCUT2D eigenvalue weighted by atomic mass is 9.97. The zero-order valence-corrected chi connectivity index (χ0v) is 20.0. The number of hydrogen-bond donors (Lipinski definition) is 0. The van der Waals surface area contributed by atoms with E-state index in [9.17, 15) is 9.59 Å². The summed E-state index contributed by atoms with van der Waals surface area (Å²) >= 11 is 1.64. The molecule has 0 aliphatic carbocycles. The Morgan fingerprint density at radius 3 is 2.58 bits per heavy atom. The number of aryl methyl sites for hydroxylation is 1. The predicted molar refractivity (Wildman–Crippen MR) is 124 cm³/mol. The highest BCUT2D eigenvalue weighted by Gasteiger charge is 2.27. The third-order valence-electron chi connectivity index (χ3n) is 5.33. The van der Waals surface area contributed by atoms with Crippen molar-refractivity contribution in [2.45, 2.75) is 52.6 Å². The molecule has 1 aliphatic rings. The quantitative estimate of drug-likeness (QED) is 0.668. The molecule has 1 fully saturated rings. The maximum atomic E-state index is 12.9. The molecule has 2 amide bonds. The molecule has 7 heteroatoms. The maximum Gasteiger partial charge on any atom is 0.410 e. The van der Waals surface area contributed by atoms with Crippen molar-refractivity contribution in [3.05, 3.63) is 40.2 Å². The molecule has 0 spiro atoms. The summed E-state index contributed by atoms with van der Waals surface area (Å²) in [5.41, 5.74) is 2.55. The van der Waals surface area contributed by atoms with Gasteiger partial charge in [0.1, 0.15) is 5.60 Å². The predicted octanol–water partition coefficient (Wildman–Crippen LogP) is 4.77. The average Bonchev–Trinajstić information content (AvgIpc) is 3.14. The van der Waals surface area contributed by atoms with Gasteiger partial charge in [0, 0.05) is 37.6 Å². The molecule has 1 aliphatic heterocycles. The summed E-state index contributed by atoms with van der Waals surface area (Å²) in [6, 6.07) is 8.09. The van der Waals surface area contributed by atoms with E-state index in [4.69, 9.17) is 4.74 Å². The molecule has 0 bridgehead atoms. The van der Waals surface area contributed by atoms with Gasteiger partial charge in [-0.2, -0.15) is 0 Å². The van der Waals surface area contributed by atoms with Crippen LogP contribution in [-0.4, -0.2) is 59.1 Å². The molecule has 0 radical (unpaired) electrons. The van der Waals surface area contributed by atoms with Gasteiger partial charge in [-0.05, 0) is 52.0 Å². The SMILES string of the molecule is Cc1nc(-c2ccc(CC(=O)N3CCCC(CN(C)C(=O)OC(C)(C)C)C3)cc2)cs1. The molecule has 0 saturated carbocycles. The minimum Gasteiger partial charge on any atom is -0.444 e. The van der Waals surface area contributed by atoms with Gasteiger partial charge in [-0.1, -0.05) is 24.3 Å². The number of likely N-dealkylation sites (tertiary alicyclic amines) is 1. The van der Waals surface area contributed by atoms with Crippen LogP contribution in [0.2, 0.25) is 0 Å². The Kier molecular flexibility index (Phi) is 7.36. The van der Waals surface area contributed by atoms with Gasteiger partial charge in [0.2, 0.25) is 5.91 Å². The van der Waals surface area contributed by atoms with Crippen molar-refractivity contribution in [2.75, 3.05) is 26.7 Å². The van der Waals surface area contributed by atoms with E-state index < -0.39 is 5.60 Å². The van der Waals surface area contributed by atoms with Gasteiger partial charge in [-0.15, -0.1) is 11.3 Å². The fourth-order valence-corrected chi connectivity index (χ4v) is 4.44. The third-order valence-corrected chi connectivity index (χ3v) is 6.11. The van der Waals surface area contributed by atoms with Crippen molar-refractivity contribution in [3.8, 4) is 11.3 Å². The normalized spacial score (nSPS) is 16.8. The number of nitrogens with zero attached hydrogens (tertiary/aromatic N) is 3. The fourth-order valence-electron chi connectivity index (χ4n) is 3.82. The van der Waals surface area contributed by atoms with Crippen LogP contribution in [0.5, 0.6) is 0 Å². The number of piperidine rings is 1. The van der Waals surface area contributed by atoms with Gasteiger partial charge in [-0.3, -0.25) is 4.79 Å². The van der Waals surface area contributed by atoms with Crippen LogP contribution in [-0.2, 0) is 16.0 Å². The van der Waals surface area contributed by atoms with Crippen LogP contribution >= 0.6 is 11.3 Å². The molecular formula is C24H33N3O3S. The Balaban J connectivity index is 1.53. The molecule has 31 heavy (non-hydrogen) atoms. The summed E-state index contributed by atoms with van der Waals surface area (Å²) < 4.78 is 5.44. The molecule has 2 heterocycles. The minimum atomic E-state index is -0.506. The highest BCUT2D eigenvalue weighted by Crippen LogP contribution is 2.23. The van der Waals surface area contributed by atoms with E-state index in [2.05, 4.69) is 10.4 Å². The molecule has 168 valence electrons. The van der Waals surface area contributed by atoms with Gasteiger partial charge in [-0.25, -0.2) is 9.78 Å². The van der Waals surface area contributed by atoms with E-state index in [1.165, 1.54) is 0 Å². The first kappa shape index (κ1) is 23.3. The second-order valence-corrected chi connectivity index (χ2v) is 10.4. The van der Waals surface area contributed by atoms with Crippen molar-refractivity contribution in [1.29, 1.82) is 0 Å². The number of ether oxygens (including phenoxy) is 1. The number of carbonyl (C=O) groups excluding carboxylic acids is 2. The van der Waals surface area contributed by atoms with Gasteiger partial charge in [0.25, 0.3) is 0 Å². The fraction of sp³-hybridized carbons (Fsp3) is 0.542. The third kappa shape index (κ3) is 6.79. The number of carbonyl (C=O) groups is 2. The average molecular weight is 444 g/mol. The summed E-state index contributed by atoms with van der Waals surface area (Å²) in [4.78, 5) is 33.2. The molecule has 0 N–H and O–H groups in total. The van der Waals surface area contributed by atoms with Crippen molar-refractivity contribution in [2.24, 2.45) is 5.92 Å². The molecule has 1 atom stereocenters. The maximum absolute atomic E-state index is 12.9. The van der Waals surface area contributed by atoms with Crippen LogP contribution in [0.25, 0.3) is 11.3 Å². The number of hydrogen-bond acceptors (Lipinski definition) is 5. The standard InChI is InChI=1S/C24H33N3O3S/c1-17-25-21(16-31-17)20-10-8-18(9-11-20)13-22(28)27-12-6-7-19(15-27)14-26(5)23(29)30-24(2,3)4/h8-11,16,19H,6-7,12-15H2,1-5H3. The van der Waals surface area contributed by atoms with E-state index in [-0.39, 0.29) is 17.9 Å². The number of rotatable bonds is 5.